The van der Waals surface area contributed by atoms with E-state index in [1.807, 2.05) is 0 Å². The second-order valence-corrected chi connectivity index (χ2v) is 8.06. The highest BCUT2D eigenvalue weighted by Gasteiger charge is 2.43. The molecule has 29 heavy (non-hydrogen) atoms. The van der Waals surface area contributed by atoms with Crippen LogP contribution in [0.2, 0.25) is 0 Å². The molecule has 0 aliphatic carbocycles. The van der Waals surface area contributed by atoms with E-state index in [4.69, 9.17) is 9.47 Å². The highest BCUT2D eigenvalue weighted by molar-refractivity contribution is 6.09. The van der Waals surface area contributed by atoms with Crippen LogP contribution in [0.25, 0.3) is 0 Å². The van der Waals surface area contributed by atoms with Crippen molar-refractivity contribution in [2.45, 2.75) is 115 Å². The van der Waals surface area contributed by atoms with E-state index in [2.05, 4.69) is 25.7 Å². The van der Waals surface area contributed by atoms with Crippen molar-refractivity contribution in [3.8, 4) is 0 Å². The summed E-state index contributed by atoms with van der Waals surface area (Å²) in [7, 11) is 0. The molecule has 1 heterocycles. The van der Waals surface area contributed by atoms with E-state index in [1.165, 1.54) is 83.1 Å². The van der Waals surface area contributed by atoms with Gasteiger partial charge in [0.15, 0.2) is 6.10 Å². The number of hydrogen-bond acceptors (Lipinski definition) is 4. The van der Waals surface area contributed by atoms with Crippen LogP contribution in [0.3, 0.4) is 0 Å². The van der Waals surface area contributed by atoms with Gasteiger partial charge in [0.05, 0.1) is 6.61 Å². The summed E-state index contributed by atoms with van der Waals surface area (Å²) in [5, 5.41) is 0. The van der Waals surface area contributed by atoms with Gasteiger partial charge in [-0.25, -0.2) is 4.79 Å². The molecule has 0 spiro atoms. The van der Waals surface area contributed by atoms with Crippen LogP contribution in [0.1, 0.15) is 103 Å². The van der Waals surface area contributed by atoms with Crippen molar-refractivity contribution in [1.82, 2.24) is 0 Å². The molecule has 4 heteroatoms. The lowest BCUT2D eigenvalue weighted by molar-refractivity contribution is -0.149. The predicted molar refractivity (Wildman–Crippen MR) is 119 cm³/mol. The summed E-state index contributed by atoms with van der Waals surface area (Å²) in [6, 6.07) is 0. The zero-order chi connectivity index (χ0) is 21.2. The Balaban J connectivity index is 1.91. The Morgan fingerprint density at radius 1 is 0.862 bits per heavy atom. The van der Waals surface area contributed by atoms with Gasteiger partial charge >= 0.3 is 5.97 Å². The summed E-state index contributed by atoms with van der Waals surface area (Å²) < 4.78 is 10.3. The molecule has 166 valence electrons. The van der Waals surface area contributed by atoms with Gasteiger partial charge in [0.25, 0.3) is 0 Å². The zero-order valence-corrected chi connectivity index (χ0v) is 18.5. The molecule has 0 radical (unpaired) electrons. The number of carbonyl (C=O) groups excluding carboxylic acids is 2. The van der Waals surface area contributed by atoms with Crippen LogP contribution in [0.5, 0.6) is 0 Å². The van der Waals surface area contributed by atoms with Gasteiger partial charge in [0, 0.05) is 0 Å². The molecule has 1 aliphatic rings. The lowest BCUT2D eigenvalue weighted by Crippen LogP contribution is -2.28. The predicted octanol–water partition coefficient (Wildman–Crippen LogP) is 6.48. The first-order valence-electron chi connectivity index (χ1n) is 11.8. The number of hydrogen-bond donors (Lipinski definition) is 0. The summed E-state index contributed by atoms with van der Waals surface area (Å²) in [4.78, 5) is 23.7. The van der Waals surface area contributed by atoms with E-state index in [1.54, 1.807) is 0 Å². The largest absolute Gasteiger partial charge is 0.452 e. The van der Waals surface area contributed by atoms with Crippen molar-refractivity contribution in [3.63, 3.8) is 0 Å². The van der Waals surface area contributed by atoms with Gasteiger partial charge in [-0.2, -0.15) is 0 Å². The van der Waals surface area contributed by atoms with E-state index in [0.717, 1.165) is 12.8 Å². The average molecular weight is 407 g/mol. The van der Waals surface area contributed by atoms with Gasteiger partial charge in [0.1, 0.15) is 0 Å². The van der Waals surface area contributed by atoms with Crippen molar-refractivity contribution in [2.24, 2.45) is 0 Å². The topological polar surface area (TPSA) is 52.6 Å². The minimum atomic E-state index is -1.07. The van der Waals surface area contributed by atoms with Crippen LogP contribution < -0.4 is 0 Å². The number of rotatable bonds is 19. The molecule has 0 bridgehead atoms. The summed E-state index contributed by atoms with van der Waals surface area (Å²) in [6.45, 7) is 5.96. The molecular weight excluding hydrogens is 364 g/mol. The van der Waals surface area contributed by atoms with Crippen LogP contribution >= 0.6 is 0 Å². The van der Waals surface area contributed by atoms with Gasteiger partial charge in [0.2, 0.25) is 11.9 Å². The highest BCUT2D eigenvalue weighted by atomic mass is 16.6. The van der Waals surface area contributed by atoms with E-state index in [0.29, 0.717) is 6.42 Å². The third kappa shape index (κ3) is 12.0. The summed E-state index contributed by atoms with van der Waals surface area (Å²) in [6.07, 6.45) is 22.8. The van der Waals surface area contributed by atoms with E-state index < -0.39 is 18.2 Å². The molecular formula is C25H42O4. The molecule has 0 amide bonds. The minimum absolute atomic E-state index is 0.178. The number of Topliss-reactive ketones (excluding diaryl/α,β-unsaturated/α-hetero) is 1. The Hall–Kier alpha value is -1.42. The number of unbranched alkanes of at least 4 members (excludes halogenated alkanes) is 12. The summed E-state index contributed by atoms with van der Waals surface area (Å²) in [5.41, 5.74) is 0. The first kappa shape index (κ1) is 25.6. The van der Waals surface area contributed by atoms with Gasteiger partial charge in [-0.15, -0.1) is 6.58 Å². The van der Waals surface area contributed by atoms with Crippen molar-refractivity contribution in [2.75, 3.05) is 6.61 Å². The standard InChI is InChI=1S/C25H42O4/c1-3-5-6-7-8-9-10-11-12-13-14-15-16-17-18-19-20-22-23(26)24(25(27)29-22)28-21-4-2/h4,17-18,22,24H,2-3,5-16,19-21H2,1H3/t22-,24?/m1/s1. The minimum Gasteiger partial charge on any atom is -0.452 e. The van der Waals surface area contributed by atoms with E-state index >= 15 is 0 Å². The third-order valence-electron chi connectivity index (χ3n) is 5.42. The fourth-order valence-electron chi connectivity index (χ4n) is 3.65. The molecule has 1 fully saturated rings. The number of esters is 1. The Labute approximate surface area is 178 Å². The van der Waals surface area contributed by atoms with Crippen LogP contribution in [-0.4, -0.2) is 30.6 Å². The van der Waals surface area contributed by atoms with Crippen molar-refractivity contribution < 1.29 is 19.1 Å². The van der Waals surface area contributed by atoms with Crippen LogP contribution in [-0.2, 0) is 19.1 Å². The number of ether oxygens (including phenoxy) is 2. The monoisotopic (exact) mass is 406 g/mol. The molecule has 0 saturated carbocycles. The first-order valence-corrected chi connectivity index (χ1v) is 11.8. The smallest absolute Gasteiger partial charge is 0.343 e. The molecule has 1 saturated heterocycles. The molecule has 0 aromatic rings. The number of allylic oxidation sites excluding steroid dienone is 2. The molecule has 0 aromatic heterocycles. The van der Waals surface area contributed by atoms with E-state index in [9.17, 15) is 9.59 Å². The molecule has 2 atom stereocenters. The third-order valence-corrected chi connectivity index (χ3v) is 5.42. The molecule has 1 aliphatic heterocycles. The average Bonchev–Trinajstić information content (AvgIpc) is 2.99. The van der Waals surface area contributed by atoms with Crippen LogP contribution in [0, 0.1) is 0 Å². The second kappa shape index (κ2) is 17.4. The lowest BCUT2D eigenvalue weighted by Gasteiger charge is -2.05. The van der Waals surface area contributed by atoms with Crippen molar-refractivity contribution >= 4 is 11.8 Å². The highest BCUT2D eigenvalue weighted by Crippen LogP contribution is 2.19. The maximum atomic E-state index is 12.1. The molecule has 4 nitrogen and oxygen atoms in total. The fraction of sp³-hybridized carbons (Fsp3) is 0.760. The number of carbonyl (C=O) groups is 2. The van der Waals surface area contributed by atoms with E-state index in [-0.39, 0.29) is 12.4 Å². The van der Waals surface area contributed by atoms with Crippen molar-refractivity contribution in [1.29, 1.82) is 0 Å². The summed E-state index contributed by atoms with van der Waals surface area (Å²) in [5.74, 6) is -0.825. The Morgan fingerprint density at radius 2 is 1.41 bits per heavy atom. The molecule has 0 N–H and O–H groups in total. The number of ketones is 1. The first-order chi connectivity index (χ1) is 14.2. The van der Waals surface area contributed by atoms with Gasteiger partial charge in [-0.1, -0.05) is 95.8 Å². The Bertz CT molecular complexity index is 483. The summed E-state index contributed by atoms with van der Waals surface area (Å²) >= 11 is 0. The van der Waals surface area contributed by atoms with Gasteiger partial charge < -0.3 is 9.47 Å². The van der Waals surface area contributed by atoms with Gasteiger partial charge in [-0.3, -0.25) is 4.79 Å². The van der Waals surface area contributed by atoms with Gasteiger partial charge in [-0.05, 0) is 25.7 Å². The molecule has 1 rings (SSSR count). The maximum absolute atomic E-state index is 12.1. The lowest BCUT2D eigenvalue weighted by atomic mass is 10.0. The Morgan fingerprint density at radius 3 is 2.00 bits per heavy atom. The zero-order valence-electron chi connectivity index (χ0n) is 18.5. The molecule has 0 aromatic carbocycles. The maximum Gasteiger partial charge on any atom is 0.343 e. The second-order valence-electron chi connectivity index (χ2n) is 8.06. The molecule has 1 unspecified atom stereocenters. The SMILES string of the molecule is C=CCOC1C(=O)O[C@H](CCC=CCCCCCCCCCCCCCC)C1=O. The quantitative estimate of drug-likeness (QED) is 0.107. The normalized spacial score (nSPS) is 19.2. The van der Waals surface area contributed by atoms with Crippen LogP contribution in [0.4, 0.5) is 0 Å². The number of cyclic esters (lactones) is 1. The Kier molecular flexibility index (Phi) is 15.4. The fourth-order valence-corrected chi connectivity index (χ4v) is 3.65. The van der Waals surface area contributed by atoms with Crippen LogP contribution in [0.15, 0.2) is 24.8 Å². The van der Waals surface area contributed by atoms with Crippen molar-refractivity contribution in [3.05, 3.63) is 24.8 Å².